The monoisotopic (exact) mass is 556 g/mol. The Morgan fingerprint density at radius 2 is 1.71 bits per heavy atom. The van der Waals surface area contributed by atoms with Crippen LogP contribution in [0.15, 0.2) is 48.0 Å². The highest BCUT2D eigenvalue weighted by Gasteiger charge is 2.46. The van der Waals surface area contributed by atoms with Crippen LogP contribution in [-0.4, -0.2) is 69.5 Å². The second kappa shape index (κ2) is 10.2. The Kier molecular flexibility index (Phi) is 6.49. The summed E-state index contributed by atoms with van der Waals surface area (Å²) in [7, 11) is 0. The summed E-state index contributed by atoms with van der Waals surface area (Å²) in [4.78, 5) is 56.8. The summed E-state index contributed by atoms with van der Waals surface area (Å²) in [6.45, 7) is 2.45. The Labute approximate surface area is 238 Å². The van der Waals surface area contributed by atoms with Crippen molar-refractivity contribution in [2.75, 3.05) is 13.1 Å². The summed E-state index contributed by atoms with van der Waals surface area (Å²) in [5.74, 6) is -0.996. The van der Waals surface area contributed by atoms with Crippen LogP contribution in [0, 0.1) is 5.82 Å². The van der Waals surface area contributed by atoms with Crippen molar-refractivity contribution in [3.63, 3.8) is 0 Å². The molecule has 5 aliphatic heterocycles. The molecule has 212 valence electrons. The minimum absolute atomic E-state index is 0.120. The van der Waals surface area contributed by atoms with E-state index in [-0.39, 0.29) is 42.0 Å². The van der Waals surface area contributed by atoms with Crippen LogP contribution in [0.4, 0.5) is 4.39 Å². The van der Waals surface area contributed by atoms with E-state index in [0.717, 1.165) is 59.9 Å². The molecular weight excluding hydrogens is 523 g/mol. The first kappa shape index (κ1) is 26.1. The zero-order valence-corrected chi connectivity index (χ0v) is 22.9. The lowest BCUT2D eigenvalue weighted by Gasteiger charge is -2.56. The summed E-state index contributed by atoms with van der Waals surface area (Å²) < 4.78 is 13.5. The Bertz CT molecular complexity index is 1470. The van der Waals surface area contributed by atoms with Gasteiger partial charge in [-0.15, -0.1) is 0 Å². The molecule has 8 rings (SSSR count). The molecule has 0 radical (unpaired) electrons. The van der Waals surface area contributed by atoms with Crippen LogP contribution in [0.5, 0.6) is 0 Å². The van der Waals surface area contributed by atoms with Crippen LogP contribution in [0.25, 0.3) is 5.57 Å². The third-order valence-electron chi connectivity index (χ3n) is 9.51. The van der Waals surface area contributed by atoms with Gasteiger partial charge in [-0.1, -0.05) is 24.3 Å². The van der Waals surface area contributed by atoms with E-state index < -0.39 is 11.9 Å². The van der Waals surface area contributed by atoms with Crippen LogP contribution in [0.1, 0.15) is 72.0 Å². The molecule has 8 nitrogen and oxygen atoms in total. The van der Waals surface area contributed by atoms with Gasteiger partial charge in [-0.3, -0.25) is 29.4 Å². The number of allylic oxidation sites excluding steroid dienone is 1. The van der Waals surface area contributed by atoms with Gasteiger partial charge in [0.15, 0.2) is 0 Å². The molecular formula is C32H33FN4O4. The average molecular weight is 557 g/mol. The van der Waals surface area contributed by atoms with Crippen LogP contribution >= 0.6 is 0 Å². The first-order chi connectivity index (χ1) is 19.9. The average Bonchev–Trinajstić information content (AvgIpc) is 3.31. The second-order valence-corrected chi connectivity index (χ2v) is 12.0. The van der Waals surface area contributed by atoms with Gasteiger partial charge in [-0.05, 0) is 79.0 Å². The normalized spacial score (nSPS) is 26.2. The van der Waals surface area contributed by atoms with Gasteiger partial charge in [0.2, 0.25) is 17.7 Å². The minimum atomic E-state index is -0.614. The highest BCUT2D eigenvalue weighted by Crippen LogP contribution is 2.38. The molecule has 5 heterocycles. The molecule has 0 spiro atoms. The van der Waals surface area contributed by atoms with E-state index in [0.29, 0.717) is 38.2 Å². The lowest BCUT2D eigenvalue weighted by Crippen LogP contribution is -2.69. The van der Waals surface area contributed by atoms with Crippen molar-refractivity contribution in [2.24, 2.45) is 0 Å². The van der Waals surface area contributed by atoms with E-state index >= 15 is 0 Å². The predicted octanol–water partition coefficient (Wildman–Crippen LogP) is 3.40. The van der Waals surface area contributed by atoms with Gasteiger partial charge in [-0.2, -0.15) is 0 Å². The molecule has 4 amide bonds. The lowest BCUT2D eigenvalue weighted by molar-refractivity contribution is -0.141. The molecule has 4 saturated heterocycles. The summed E-state index contributed by atoms with van der Waals surface area (Å²) in [6, 6.07) is 12.4. The fourth-order valence-electron chi connectivity index (χ4n) is 7.32. The molecule has 2 aromatic carbocycles. The molecule has 6 aliphatic rings. The fourth-order valence-corrected chi connectivity index (χ4v) is 7.32. The smallest absolute Gasteiger partial charge is 0.255 e. The number of hydrogen-bond acceptors (Lipinski definition) is 5. The van der Waals surface area contributed by atoms with E-state index in [1.165, 1.54) is 12.1 Å². The number of amides is 4. The maximum atomic E-state index is 13.7. The van der Waals surface area contributed by atoms with Gasteiger partial charge >= 0.3 is 0 Å². The molecule has 3 atom stereocenters. The van der Waals surface area contributed by atoms with Crippen LogP contribution in [0.3, 0.4) is 0 Å². The van der Waals surface area contributed by atoms with Crippen LogP contribution < -0.4 is 5.32 Å². The predicted molar refractivity (Wildman–Crippen MR) is 149 cm³/mol. The Hall–Kier alpha value is -3.85. The molecule has 2 aromatic rings. The Balaban J connectivity index is 1.02. The van der Waals surface area contributed by atoms with Crippen LogP contribution in [-0.2, 0) is 27.5 Å². The molecule has 41 heavy (non-hydrogen) atoms. The van der Waals surface area contributed by atoms with E-state index in [1.807, 2.05) is 17.0 Å². The number of piperidine rings is 2. The van der Waals surface area contributed by atoms with Crippen molar-refractivity contribution in [1.82, 2.24) is 20.0 Å². The molecule has 2 bridgehead atoms. The number of carbonyl (C=O) groups is 4. The molecule has 4 fully saturated rings. The van der Waals surface area contributed by atoms with Crippen molar-refractivity contribution in [2.45, 2.75) is 76.2 Å². The largest absolute Gasteiger partial charge is 0.336 e. The highest BCUT2D eigenvalue weighted by atomic mass is 19.1. The number of rotatable bonds is 5. The summed E-state index contributed by atoms with van der Waals surface area (Å²) in [5.41, 5.74) is 5.47. The van der Waals surface area contributed by atoms with Gasteiger partial charge in [0.1, 0.15) is 11.9 Å². The Morgan fingerprint density at radius 3 is 2.46 bits per heavy atom. The van der Waals surface area contributed by atoms with Crippen molar-refractivity contribution in [1.29, 1.82) is 0 Å². The molecule has 9 heteroatoms. The second-order valence-electron chi connectivity index (χ2n) is 12.0. The van der Waals surface area contributed by atoms with E-state index in [1.54, 1.807) is 17.0 Å². The third kappa shape index (κ3) is 4.66. The molecule has 3 unspecified atom stereocenters. The van der Waals surface area contributed by atoms with Gasteiger partial charge in [0.05, 0.1) is 0 Å². The summed E-state index contributed by atoms with van der Waals surface area (Å²) in [6.07, 6.45) is 5.29. The first-order valence-corrected chi connectivity index (χ1v) is 14.6. The zero-order chi connectivity index (χ0) is 28.2. The minimum Gasteiger partial charge on any atom is -0.336 e. The number of nitrogens with one attached hydrogen (secondary N) is 1. The SMILES string of the molecule is O=C1CCC(N2Cc3ccc(CN4C5CC4CN(C(=O)C4=C(c6ccc(F)cc6)CCCC4)C5)cc3C2=O)C(=O)N1. The topological polar surface area (TPSA) is 90.0 Å². The highest BCUT2D eigenvalue weighted by molar-refractivity contribution is 6.05. The van der Waals surface area contributed by atoms with Gasteiger partial charge in [0.25, 0.3) is 5.91 Å². The van der Waals surface area contributed by atoms with E-state index in [2.05, 4.69) is 16.3 Å². The number of hydrogen-bond donors (Lipinski definition) is 1. The number of imide groups is 1. The maximum absolute atomic E-state index is 13.7. The van der Waals surface area contributed by atoms with E-state index in [9.17, 15) is 23.6 Å². The number of nitrogens with zero attached hydrogens (tertiary/aromatic N) is 3. The standard InChI is InChI=1S/C32H33FN4O4/c33-22-9-7-20(8-10-22)25-3-1-2-4-26(25)31(40)35-17-23-14-24(18-35)36(23)15-19-5-6-21-16-37(32(41)27(21)13-19)28-11-12-29(38)34-30(28)39/h5-10,13,23-24,28H,1-4,11-12,14-18H2,(H,34,38,39). The molecule has 1 N–H and O–H groups in total. The van der Waals surface area contributed by atoms with Crippen LogP contribution in [0.2, 0.25) is 0 Å². The van der Waals surface area contributed by atoms with Crippen molar-refractivity contribution in [3.05, 3.63) is 76.1 Å². The number of halogens is 1. The summed E-state index contributed by atoms with van der Waals surface area (Å²) >= 11 is 0. The summed E-state index contributed by atoms with van der Waals surface area (Å²) in [5, 5.41) is 2.35. The zero-order valence-electron chi connectivity index (χ0n) is 22.9. The number of carbonyl (C=O) groups excluding carboxylic acids is 4. The van der Waals surface area contributed by atoms with Crippen molar-refractivity contribution in [3.8, 4) is 0 Å². The third-order valence-corrected chi connectivity index (χ3v) is 9.51. The van der Waals surface area contributed by atoms with Gasteiger partial charge in [-0.25, -0.2) is 4.39 Å². The fraction of sp³-hybridized carbons (Fsp3) is 0.438. The van der Waals surface area contributed by atoms with Gasteiger partial charge < -0.3 is 9.80 Å². The quantitative estimate of drug-likeness (QED) is 0.571. The molecule has 0 saturated carbocycles. The molecule has 1 aliphatic carbocycles. The lowest BCUT2D eigenvalue weighted by atomic mass is 9.83. The van der Waals surface area contributed by atoms with Crippen molar-refractivity contribution >= 4 is 29.2 Å². The number of piperazine rings is 1. The maximum Gasteiger partial charge on any atom is 0.255 e. The van der Waals surface area contributed by atoms with Gasteiger partial charge in [0, 0.05) is 55.8 Å². The van der Waals surface area contributed by atoms with E-state index in [4.69, 9.17) is 0 Å². The first-order valence-electron chi connectivity index (χ1n) is 14.6. The molecule has 0 aromatic heterocycles. The number of fused-ring (bicyclic) bond motifs is 3. The van der Waals surface area contributed by atoms with Crippen molar-refractivity contribution < 1.29 is 23.6 Å². The number of benzene rings is 2. The Morgan fingerprint density at radius 1 is 0.951 bits per heavy atom.